The van der Waals surface area contributed by atoms with Crippen LogP contribution < -0.4 is 5.32 Å². The minimum Gasteiger partial charge on any atom is -0.316 e. The molecule has 1 aromatic heterocycles. The molecule has 0 amide bonds. The topological polar surface area (TPSA) is 42.7 Å². The van der Waals surface area contributed by atoms with E-state index in [1.165, 1.54) is 126 Å². The highest BCUT2D eigenvalue weighted by molar-refractivity contribution is 8.76. The molecule has 31 heavy (non-hydrogen) atoms. The zero-order valence-electron chi connectivity index (χ0n) is 20.0. The lowest BCUT2D eigenvalue weighted by molar-refractivity contribution is 0.316. The molecular formula is C25H46N4S2. The normalized spacial score (nSPS) is 20.4. The van der Waals surface area contributed by atoms with E-state index < -0.39 is 0 Å². The molecule has 0 radical (unpaired) electrons. The van der Waals surface area contributed by atoms with E-state index in [4.69, 9.17) is 5.10 Å². The molecule has 1 atom stereocenters. The van der Waals surface area contributed by atoms with Crippen LogP contribution in [0.5, 0.6) is 0 Å². The van der Waals surface area contributed by atoms with Crippen LogP contribution >= 0.6 is 21.6 Å². The van der Waals surface area contributed by atoms with Crippen molar-refractivity contribution in [3.63, 3.8) is 0 Å². The maximum absolute atomic E-state index is 4.73. The molecule has 2 fully saturated rings. The van der Waals surface area contributed by atoms with Gasteiger partial charge in [-0.1, -0.05) is 94.8 Å². The van der Waals surface area contributed by atoms with Crippen molar-refractivity contribution >= 4 is 21.6 Å². The third-order valence-electron chi connectivity index (χ3n) is 7.01. The monoisotopic (exact) mass is 466 g/mol. The Bertz CT molecular complexity index is 580. The smallest absolute Gasteiger partial charge is 0.202 e. The average Bonchev–Trinajstić information content (AvgIpc) is 3.25. The van der Waals surface area contributed by atoms with Gasteiger partial charge in [0.25, 0.3) is 0 Å². The summed E-state index contributed by atoms with van der Waals surface area (Å²) in [4.78, 5) is 0. The van der Waals surface area contributed by atoms with Crippen LogP contribution in [0.3, 0.4) is 0 Å². The van der Waals surface area contributed by atoms with Crippen LogP contribution in [0.2, 0.25) is 0 Å². The van der Waals surface area contributed by atoms with Gasteiger partial charge in [0, 0.05) is 24.3 Å². The van der Waals surface area contributed by atoms with Gasteiger partial charge in [0.2, 0.25) is 5.16 Å². The predicted octanol–water partition coefficient (Wildman–Crippen LogP) is 7.91. The van der Waals surface area contributed by atoms with Crippen LogP contribution in [-0.2, 0) is 0 Å². The molecule has 0 aromatic carbocycles. The quantitative estimate of drug-likeness (QED) is 0.210. The van der Waals surface area contributed by atoms with Gasteiger partial charge in [-0.25, -0.2) is 0 Å². The molecule has 2 heterocycles. The zero-order chi connectivity index (χ0) is 21.6. The summed E-state index contributed by atoms with van der Waals surface area (Å²) in [6.07, 6.45) is 23.4. The molecule has 1 saturated heterocycles. The largest absolute Gasteiger partial charge is 0.316 e. The zero-order valence-corrected chi connectivity index (χ0v) is 21.6. The average molecular weight is 467 g/mol. The Morgan fingerprint density at radius 1 is 0.839 bits per heavy atom. The van der Waals surface area contributed by atoms with Gasteiger partial charge in [0.15, 0.2) is 0 Å². The molecule has 1 saturated carbocycles. The molecule has 1 aromatic rings. The molecule has 3 rings (SSSR count). The summed E-state index contributed by atoms with van der Waals surface area (Å²) in [6, 6.07) is 0.626. The Morgan fingerprint density at radius 3 is 2.23 bits per heavy atom. The van der Waals surface area contributed by atoms with Gasteiger partial charge >= 0.3 is 0 Å². The second-order valence-electron chi connectivity index (χ2n) is 9.63. The number of piperidine rings is 1. The maximum atomic E-state index is 4.73. The van der Waals surface area contributed by atoms with Gasteiger partial charge in [0.05, 0.1) is 0 Å². The van der Waals surface area contributed by atoms with Crippen molar-refractivity contribution in [1.29, 1.82) is 0 Å². The minimum atomic E-state index is 0.546. The van der Waals surface area contributed by atoms with Crippen LogP contribution in [0, 0.1) is 0 Å². The van der Waals surface area contributed by atoms with Crippen molar-refractivity contribution in [2.45, 2.75) is 133 Å². The molecule has 0 bridgehead atoms. The summed E-state index contributed by atoms with van der Waals surface area (Å²) in [5.74, 6) is 3.05. The van der Waals surface area contributed by atoms with Gasteiger partial charge in [0.1, 0.15) is 5.82 Å². The highest BCUT2D eigenvalue weighted by atomic mass is 33.1. The van der Waals surface area contributed by atoms with Crippen molar-refractivity contribution in [1.82, 2.24) is 20.1 Å². The van der Waals surface area contributed by atoms with Crippen LogP contribution in [0.15, 0.2) is 5.16 Å². The molecule has 1 aliphatic heterocycles. The van der Waals surface area contributed by atoms with Crippen molar-refractivity contribution in [3.8, 4) is 0 Å². The molecule has 0 spiro atoms. The highest BCUT2D eigenvalue weighted by Crippen LogP contribution is 2.39. The fraction of sp³-hybridized carbons (Fsp3) is 0.920. The van der Waals surface area contributed by atoms with E-state index in [0.29, 0.717) is 12.0 Å². The summed E-state index contributed by atoms with van der Waals surface area (Å²) in [6.45, 7) is 4.52. The fourth-order valence-corrected chi connectivity index (χ4v) is 7.29. The van der Waals surface area contributed by atoms with E-state index in [-0.39, 0.29) is 0 Å². The number of unbranched alkanes of at least 4 members (excludes halogenated alkanes) is 9. The molecule has 6 heteroatoms. The summed E-state index contributed by atoms with van der Waals surface area (Å²) in [7, 11) is 3.89. The fourth-order valence-electron chi connectivity index (χ4n) is 5.12. The van der Waals surface area contributed by atoms with Crippen molar-refractivity contribution < 1.29 is 0 Å². The first kappa shape index (κ1) is 25.4. The second kappa shape index (κ2) is 15.6. The lowest BCUT2D eigenvalue weighted by Crippen LogP contribution is -2.31. The number of nitrogens with one attached hydrogen (secondary N) is 1. The van der Waals surface area contributed by atoms with E-state index in [1.807, 2.05) is 21.6 Å². The van der Waals surface area contributed by atoms with E-state index in [0.717, 1.165) is 13.1 Å². The minimum absolute atomic E-state index is 0.546. The van der Waals surface area contributed by atoms with E-state index >= 15 is 0 Å². The predicted molar refractivity (Wildman–Crippen MR) is 137 cm³/mol. The van der Waals surface area contributed by atoms with E-state index in [9.17, 15) is 0 Å². The summed E-state index contributed by atoms with van der Waals surface area (Å²) in [5.41, 5.74) is 0. The van der Waals surface area contributed by atoms with E-state index in [2.05, 4.69) is 21.9 Å². The summed E-state index contributed by atoms with van der Waals surface area (Å²) in [5, 5.41) is 14.2. The third-order valence-corrected chi connectivity index (χ3v) is 9.31. The molecule has 2 aliphatic rings. The summed E-state index contributed by atoms with van der Waals surface area (Å²) < 4.78 is 2.56. The second-order valence-corrected chi connectivity index (χ2v) is 12.0. The van der Waals surface area contributed by atoms with Gasteiger partial charge in [-0.3, -0.25) is 0 Å². The van der Waals surface area contributed by atoms with Crippen LogP contribution in [0.1, 0.15) is 134 Å². The first-order valence-electron chi connectivity index (χ1n) is 13.3. The number of hydrogen-bond donors (Lipinski definition) is 1. The van der Waals surface area contributed by atoms with E-state index in [1.54, 1.807) is 0 Å². The molecule has 1 unspecified atom stereocenters. The van der Waals surface area contributed by atoms with Gasteiger partial charge in [-0.05, 0) is 49.4 Å². The van der Waals surface area contributed by atoms with Crippen LogP contribution in [0.4, 0.5) is 0 Å². The summed E-state index contributed by atoms with van der Waals surface area (Å²) >= 11 is 0. The maximum Gasteiger partial charge on any atom is 0.202 e. The first-order chi connectivity index (χ1) is 15.4. The highest BCUT2D eigenvalue weighted by Gasteiger charge is 2.28. The van der Waals surface area contributed by atoms with Crippen LogP contribution in [-0.4, -0.2) is 33.6 Å². The van der Waals surface area contributed by atoms with Crippen LogP contribution in [0.25, 0.3) is 0 Å². The van der Waals surface area contributed by atoms with Crippen molar-refractivity contribution in [2.75, 3.05) is 18.8 Å². The lowest BCUT2D eigenvalue weighted by atomic mass is 9.93. The van der Waals surface area contributed by atoms with Crippen molar-refractivity contribution in [3.05, 3.63) is 5.82 Å². The molecule has 178 valence electrons. The van der Waals surface area contributed by atoms with Gasteiger partial charge in [-0.2, -0.15) is 0 Å². The Kier molecular flexibility index (Phi) is 12.8. The standard InChI is InChI=1S/C25H46N4S2/c1-2-3-4-5-6-7-8-9-10-14-20-30-31-25-28-27-24(22-16-15-19-26-21-22)29(25)23-17-12-11-13-18-23/h22-23,26H,2-21H2,1H3. The molecule has 4 nitrogen and oxygen atoms in total. The van der Waals surface area contributed by atoms with Gasteiger partial charge < -0.3 is 9.88 Å². The Hall–Kier alpha value is -0.200. The van der Waals surface area contributed by atoms with Crippen molar-refractivity contribution in [2.24, 2.45) is 0 Å². The number of rotatable bonds is 15. The first-order valence-corrected chi connectivity index (χ1v) is 15.7. The Labute approximate surface area is 199 Å². The number of aromatic nitrogens is 3. The number of hydrogen-bond acceptors (Lipinski definition) is 5. The third kappa shape index (κ3) is 8.92. The number of nitrogens with zero attached hydrogens (tertiary/aromatic N) is 3. The Balaban J connectivity index is 1.37. The van der Waals surface area contributed by atoms with Gasteiger partial charge in [-0.15, -0.1) is 10.2 Å². The SMILES string of the molecule is CCCCCCCCCCCCSSc1nnc(C2CCCNC2)n1C1CCCCC1. The molecule has 1 aliphatic carbocycles. The molecular weight excluding hydrogens is 420 g/mol. The lowest BCUT2D eigenvalue weighted by Gasteiger charge is -2.29. The Morgan fingerprint density at radius 2 is 1.55 bits per heavy atom. The molecule has 1 N–H and O–H groups in total.